The van der Waals surface area contributed by atoms with Crippen molar-refractivity contribution in [1.29, 1.82) is 5.26 Å². The van der Waals surface area contributed by atoms with Crippen LogP contribution in [-0.4, -0.2) is 31.1 Å². The molecule has 0 saturated carbocycles. The monoisotopic (exact) mass is 341 g/mol. The lowest BCUT2D eigenvalue weighted by atomic mass is 10.00. The number of hydrogen-bond acceptors (Lipinski definition) is 3. The summed E-state index contributed by atoms with van der Waals surface area (Å²) in [6, 6.07) is 2.83. The van der Waals surface area contributed by atoms with Crippen LogP contribution >= 0.6 is 24.8 Å². The summed E-state index contributed by atoms with van der Waals surface area (Å²) in [6.45, 7) is 2.50. The zero-order valence-corrected chi connectivity index (χ0v) is 12.7. The van der Waals surface area contributed by atoms with Crippen LogP contribution in [0.4, 0.5) is 13.2 Å². The molecule has 0 bridgehead atoms. The largest absolute Gasteiger partial charge is 0.314 e. The van der Waals surface area contributed by atoms with Gasteiger partial charge in [-0.1, -0.05) is 0 Å². The Bertz CT molecular complexity index is 502. The third-order valence-corrected chi connectivity index (χ3v) is 3.29. The molecule has 0 aromatic heterocycles. The van der Waals surface area contributed by atoms with Crippen LogP contribution in [0.1, 0.15) is 18.0 Å². The summed E-state index contributed by atoms with van der Waals surface area (Å²) in [7, 11) is 0. The fraction of sp³-hybridized carbons (Fsp3) is 0.462. The summed E-state index contributed by atoms with van der Waals surface area (Å²) in [5, 5.41) is 12.0. The Kier molecular flexibility index (Phi) is 8.67. The SMILES string of the molecule is Cl.Cl.N#CC[C@@H](c1c(F)ccc(F)c1F)N1CCNCC1. The second kappa shape index (κ2) is 9.11. The van der Waals surface area contributed by atoms with E-state index in [-0.39, 0.29) is 36.8 Å². The predicted molar refractivity (Wildman–Crippen MR) is 78.2 cm³/mol. The average Bonchev–Trinajstić information content (AvgIpc) is 2.43. The Labute approximate surface area is 133 Å². The average molecular weight is 342 g/mol. The highest BCUT2D eigenvalue weighted by molar-refractivity contribution is 5.85. The van der Waals surface area contributed by atoms with E-state index >= 15 is 0 Å². The Morgan fingerprint density at radius 2 is 1.71 bits per heavy atom. The van der Waals surface area contributed by atoms with Gasteiger partial charge in [0, 0.05) is 31.7 Å². The van der Waals surface area contributed by atoms with Gasteiger partial charge in [0.05, 0.1) is 18.5 Å². The van der Waals surface area contributed by atoms with E-state index < -0.39 is 23.5 Å². The molecule has 8 heteroatoms. The van der Waals surface area contributed by atoms with Crippen molar-refractivity contribution in [1.82, 2.24) is 10.2 Å². The van der Waals surface area contributed by atoms with E-state index in [0.29, 0.717) is 26.2 Å². The van der Waals surface area contributed by atoms with Gasteiger partial charge in [0.1, 0.15) is 5.82 Å². The zero-order chi connectivity index (χ0) is 13.8. The van der Waals surface area contributed by atoms with Crippen LogP contribution in [0.25, 0.3) is 0 Å². The van der Waals surface area contributed by atoms with Crippen molar-refractivity contribution in [3.8, 4) is 6.07 Å². The first-order valence-corrected chi connectivity index (χ1v) is 6.10. The molecule has 1 aromatic carbocycles. The molecule has 0 radical (unpaired) electrons. The summed E-state index contributed by atoms with van der Waals surface area (Å²) in [5.74, 6) is -3.09. The number of hydrogen-bond donors (Lipinski definition) is 1. The first-order valence-electron chi connectivity index (χ1n) is 6.10. The van der Waals surface area contributed by atoms with Gasteiger partial charge in [0.2, 0.25) is 0 Å². The molecule has 0 unspecified atom stereocenters. The van der Waals surface area contributed by atoms with E-state index in [4.69, 9.17) is 5.26 Å². The van der Waals surface area contributed by atoms with Gasteiger partial charge in [-0.15, -0.1) is 24.8 Å². The Hall–Kier alpha value is -1.00. The quantitative estimate of drug-likeness (QED) is 0.859. The van der Waals surface area contributed by atoms with Crippen LogP contribution < -0.4 is 5.32 Å². The molecule has 0 spiro atoms. The minimum atomic E-state index is -1.20. The molecule has 21 heavy (non-hydrogen) atoms. The van der Waals surface area contributed by atoms with Gasteiger partial charge in [0.25, 0.3) is 0 Å². The van der Waals surface area contributed by atoms with Crippen molar-refractivity contribution in [3.63, 3.8) is 0 Å². The van der Waals surface area contributed by atoms with Crippen LogP contribution in [0.2, 0.25) is 0 Å². The van der Waals surface area contributed by atoms with Crippen LogP contribution in [0.3, 0.4) is 0 Å². The summed E-state index contributed by atoms with van der Waals surface area (Å²) in [4.78, 5) is 1.81. The van der Waals surface area contributed by atoms with Crippen molar-refractivity contribution >= 4 is 24.8 Å². The predicted octanol–water partition coefficient (Wildman–Crippen LogP) is 2.81. The fourth-order valence-electron chi connectivity index (χ4n) is 2.34. The minimum Gasteiger partial charge on any atom is -0.314 e. The highest BCUT2D eigenvalue weighted by Gasteiger charge is 2.28. The number of benzene rings is 1. The molecule has 3 nitrogen and oxygen atoms in total. The Morgan fingerprint density at radius 3 is 2.29 bits per heavy atom. The minimum absolute atomic E-state index is 0. The molecule has 1 saturated heterocycles. The van der Waals surface area contributed by atoms with Crippen molar-refractivity contribution in [3.05, 3.63) is 35.1 Å². The smallest absolute Gasteiger partial charge is 0.166 e. The molecule has 0 amide bonds. The summed E-state index contributed by atoms with van der Waals surface area (Å²) < 4.78 is 40.9. The molecule has 1 aromatic rings. The first kappa shape index (κ1) is 20.0. The summed E-state index contributed by atoms with van der Waals surface area (Å²) in [6.07, 6.45) is -0.0721. The van der Waals surface area contributed by atoms with Crippen molar-refractivity contribution in [2.45, 2.75) is 12.5 Å². The van der Waals surface area contributed by atoms with Gasteiger partial charge in [-0.05, 0) is 12.1 Å². The van der Waals surface area contributed by atoms with Crippen molar-refractivity contribution in [2.75, 3.05) is 26.2 Å². The van der Waals surface area contributed by atoms with Gasteiger partial charge in [-0.25, -0.2) is 13.2 Å². The summed E-state index contributed by atoms with van der Waals surface area (Å²) >= 11 is 0. The van der Waals surface area contributed by atoms with E-state index in [1.54, 1.807) is 4.90 Å². The molecular weight excluding hydrogens is 326 g/mol. The molecule has 2 rings (SSSR count). The van der Waals surface area contributed by atoms with Gasteiger partial charge >= 0.3 is 0 Å². The third-order valence-electron chi connectivity index (χ3n) is 3.29. The molecule has 1 aliphatic heterocycles. The van der Waals surface area contributed by atoms with Crippen molar-refractivity contribution in [2.24, 2.45) is 0 Å². The van der Waals surface area contributed by atoms with E-state index in [2.05, 4.69) is 5.32 Å². The number of rotatable bonds is 3. The van der Waals surface area contributed by atoms with Crippen LogP contribution in [-0.2, 0) is 0 Å². The van der Waals surface area contributed by atoms with Crippen LogP contribution in [0, 0.1) is 28.8 Å². The second-order valence-electron chi connectivity index (χ2n) is 4.42. The standard InChI is InChI=1S/C13H14F3N3.2ClH/c14-9-1-2-10(15)13(16)12(9)11(3-4-17)19-7-5-18-6-8-19;;/h1-2,11,18H,3,5-8H2;2*1H/t11-;;/m0../s1. The highest BCUT2D eigenvalue weighted by Crippen LogP contribution is 2.30. The fourth-order valence-corrected chi connectivity index (χ4v) is 2.34. The lowest BCUT2D eigenvalue weighted by molar-refractivity contribution is 0.168. The molecule has 1 atom stereocenters. The zero-order valence-electron chi connectivity index (χ0n) is 11.1. The lowest BCUT2D eigenvalue weighted by Crippen LogP contribution is -2.45. The maximum absolute atomic E-state index is 13.8. The third kappa shape index (κ3) is 4.48. The van der Waals surface area contributed by atoms with Gasteiger partial charge < -0.3 is 5.32 Å². The number of nitrogens with zero attached hydrogens (tertiary/aromatic N) is 2. The number of nitrogens with one attached hydrogen (secondary N) is 1. The number of nitriles is 1. The van der Waals surface area contributed by atoms with Gasteiger partial charge in [0.15, 0.2) is 11.6 Å². The maximum atomic E-state index is 13.8. The molecule has 1 N–H and O–H groups in total. The van der Waals surface area contributed by atoms with E-state index in [1.807, 2.05) is 6.07 Å². The van der Waals surface area contributed by atoms with E-state index in [0.717, 1.165) is 12.1 Å². The van der Waals surface area contributed by atoms with Gasteiger partial charge in [-0.2, -0.15) is 5.26 Å². The number of halogens is 5. The molecule has 118 valence electrons. The second-order valence-corrected chi connectivity index (χ2v) is 4.42. The van der Waals surface area contributed by atoms with E-state index in [1.165, 1.54) is 0 Å². The van der Waals surface area contributed by atoms with Crippen LogP contribution in [0.15, 0.2) is 12.1 Å². The van der Waals surface area contributed by atoms with E-state index in [9.17, 15) is 13.2 Å². The topological polar surface area (TPSA) is 39.1 Å². The highest BCUT2D eigenvalue weighted by atomic mass is 35.5. The Balaban J connectivity index is 0.00000200. The molecular formula is C13H16Cl2F3N3. The molecule has 1 aliphatic rings. The van der Waals surface area contributed by atoms with Crippen LogP contribution in [0.5, 0.6) is 0 Å². The summed E-state index contributed by atoms with van der Waals surface area (Å²) in [5.41, 5.74) is -0.344. The van der Waals surface area contributed by atoms with Gasteiger partial charge in [-0.3, -0.25) is 4.90 Å². The first-order chi connectivity index (χ1) is 9.15. The number of piperazine rings is 1. The molecule has 1 fully saturated rings. The normalized spacial score (nSPS) is 16.3. The Morgan fingerprint density at radius 1 is 1.14 bits per heavy atom. The molecule has 1 heterocycles. The van der Waals surface area contributed by atoms with Crippen molar-refractivity contribution < 1.29 is 13.2 Å². The lowest BCUT2D eigenvalue weighted by Gasteiger charge is -2.34. The maximum Gasteiger partial charge on any atom is 0.166 e. The molecule has 0 aliphatic carbocycles.